The molecule has 3 aromatic rings. The van der Waals surface area contributed by atoms with Crippen LogP contribution < -0.4 is 14.4 Å². The number of morpholine rings is 1. The van der Waals surface area contributed by atoms with Gasteiger partial charge in [0.05, 0.1) is 41.5 Å². The SMILES string of the molecule is CCN(c1ccccc1)S(=O)(=O)c1ccc(Cl)c(C(=O)Nc2ccc(OC)c(S(=O)(=O)N3CCOCC3)c2)c1. The Hall–Kier alpha value is -3.16. The second kappa shape index (κ2) is 11.9. The molecule has 1 fully saturated rings. The third kappa shape index (κ3) is 6.04. The van der Waals surface area contributed by atoms with Crippen LogP contribution in [0.1, 0.15) is 17.3 Å². The minimum atomic E-state index is -4.01. The molecule has 1 aliphatic rings. The normalized spacial score (nSPS) is 14.5. The maximum atomic E-state index is 13.4. The molecule has 1 heterocycles. The molecule has 3 aromatic carbocycles. The number of nitrogens with one attached hydrogen (secondary N) is 1. The molecule has 1 aliphatic heterocycles. The second-order valence-electron chi connectivity index (χ2n) is 8.48. The van der Waals surface area contributed by atoms with Crippen LogP contribution in [0.5, 0.6) is 5.75 Å². The number of rotatable bonds is 9. The Bertz CT molecular complexity index is 1560. The number of anilines is 2. The van der Waals surface area contributed by atoms with Gasteiger partial charge in [-0.05, 0) is 55.5 Å². The fraction of sp³-hybridized carbons (Fsp3) is 0.269. The van der Waals surface area contributed by atoms with Crippen LogP contribution >= 0.6 is 11.6 Å². The summed E-state index contributed by atoms with van der Waals surface area (Å²) in [7, 11) is -6.60. The smallest absolute Gasteiger partial charge is 0.264 e. The highest BCUT2D eigenvalue weighted by Gasteiger charge is 2.30. The first kappa shape index (κ1) is 28.8. The van der Waals surface area contributed by atoms with Gasteiger partial charge in [-0.2, -0.15) is 4.31 Å². The molecule has 1 saturated heterocycles. The highest BCUT2D eigenvalue weighted by atomic mass is 35.5. The van der Waals surface area contributed by atoms with Crippen LogP contribution in [0.25, 0.3) is 0 Å². The molecule has 0 aromatic heterocycles. The van der Waals surface area contributed by atoms with Crippen LogP contribution in [0.3, 0.4) is 0 Å². The first-order valence-corrected chi connectivity index (χ1v) is 15.3. The number of hydrogen-bond donors (Lipinski definition) is 1. The van der Waals surface area contributed by atoms with E-state index < -0.39 is 26.0 Å². The van der Waals surface area contributed by atoms with E-state index in [1.54, 1.807) is 37.3 Å². The first-order chi connectivity index (χ1) is 18.6. The van der Waals surface area contributed by atoms with Gasteiger partial charge in [0.25, 0.3) is 15.9 Å². The van der Waals surface area contributed by atoms with Gasteiger partial charge in [0.2, 0.25) is 10.0 Å². The van der Waals surface area contributed by atoms with E-state index in [-0.39, 0.29) is 64.7 Å². The van der Waals surface area contributed by atoms with Crippen molar-refractivity contribution in [3.63, 3.8) is 0 Å². The van der Waals surface area contributed by atoms with E-state index in [0.717, 1.165) is 0 Å². The number of carbonyl (C=O) groups excluding carboxylic acids is 1. The van der Waals surface area contributed by atoms with Crippen LogP contribution in [0.15, 0.2) is 76.5 Å². The number of ether oxygens (including phenoxy) is 2. The molecule has 10 nitrogen and oxygen atoms in total. The zero-order valence-corrected chi connectivity index (χ0v) is 23.7. The number of sulfonamides is 2. The third-order valence-electron chi connectivity index (χ3n) is 6.11. The molecular formula is C26H28ClN3O7S2. The molecule has 1 amide bonds. The maximum absolute atomic E-state index is 13.4. The summed E-state index contributed by atoms with van der Waals surface area (Å²) in [5, 5.41) is 2.66. The summed E-state index contributed by atoms with van der Waals surface area (Å²) in [5.41, 5.74) is 0.555. The Morgan fingerprint density at radius 1 is 1.03 bits per heavy atom. The molecular weight excluding hydrogens is 566 g/mol. The monoisotopic (exact) mass is 593 g/mol. The highest BCUT2D eigenvalue weighted by molar-refractivity contribution is 7.92. The molecule has 4 rings (SSSR count). The lowest BCUT2D eigenvalue weighted by molar-refractivity contribution is 0.0729. The Balaban J connectivity index is 1.65. The molecule has 1 N–H and O–H groups in total. The van der Waals surface area contributed by atoms with Gasteiger partial charge >= 0.3 is 0 Å². The van der Waals surface area contributed by atoms with Crippen LogP contribution in [-0.2, 0) is 24.8 Å². The summed E-state index contributed by atoms with van der Waals surface area (Å²) in [4.78, 5) is 13.0. The topological polar surface area (TPSA) is 122 Å². The van der Waals surface area contributed by atoms with Gasteiger partial charge in [-0.15, -0.1) is 0 Å². The molecule has 0 radical (unpaired) electrons. The second-order valence-corrected chi connectivity index (χ2v) is 12.7. The predicted octanol–water partition coefficient (Wildman–Crippen LogP) is 3.84. The fourth-order valence-corrected chi connectivity index (χ4v) is 7.43. The van der Waals surface area contributed by atoms with Crippen molar-refractivity contribution in [3.05, 3.63) is 77.3 Å². The van der Waals surface area contributed by atoms with E-state index in [1.807, 2.05) is 0 Å². The van der Waals surface area contributed by atoms with Gasteiger partial charge in [-0.3, -0.25) is 9.10 Å². The van der Waals surface area contributed by atoms with E-state index in [0.29, 0.717) is 5.69 Å². The van der Waals surface area contributed by atoms with Crippen molar-refractivity contribution in [2.45, 2.75) is 16.7 Å². The summed E-state index contributed by atoms with van der Waals surface area (Å²) in [6.45, 7) is 2.81. The molecule has 0 aliphatic carbocycles. The molecule has 0 spiro atoms. The summed E-state index contributed by atoms with van der Waals surface area (Å²) >= 11 is 6.29. The van der Waals surface area contributed by atoms with Gasteiger partial charge in [0.15, 0.2) is 0 Å². The number of para-hydroxylation sites is 1. The van der Waals surface area contributed by atoms with Gasteiger partial charge in [0.1, 0.15) is 10.6 Å². The van der Waals surface area contributed by atoms with Crippen molar-refractivity contribution in [2.75, 3.05) is 49.6 Å². The summed E-state index contributed by atoms with van der Waals surface area (Å²) < 4.78 is 66.5. The number of hydrogen-bond acceptors (Lipinski definition) is 7. The van der Waals surface area contributed by atoms with Crippen molar-refractivity contribution in [1.29, 1.82) is 0 Å². The summed E-state index contributed by atoms with van der Waals surface area (Å²) in [6.07, 6.45) is 0. The van der Waals surface area contributed by atoms with E-state index in [4.69, 9.17) is 21.1 Å². The van der Waals surface area contributed by atoms with Crippen LogP contribution in [-0.4, -0.2) is 67.0 Å². The minimum Gasteiger partial charge on any atom is -0.495 e. The van der Waals surface area contributed by atoms with Gasteiger partial charge in [-0.25, -0.2) is 16.8 Å². The van der Waals surface area contributed by atoms with Crippen LogP contribution in [0.4, 0.5) is 11.4 Å². The number of carbonyl (C=O) groups is 1. The number of halogens is 1. The van der Waals surface area contributed by atoms with E-state index in [9.17, 15) is 21.6 Å². The molecule has 208 valence electrons. The largest absolute Gasteiger partial charge is 0.495 e. The summed E-state index contributed by atoms with van der Waals surface area (Å²) in [5.74, 6) is -0.592. The fourth-order valence-electron chi connectivity index (χ4n) is 4.13. The van der Waals surface area contributed by atoms with E-state index in [2.05, 4.69) is 5.32 Å². The van der Waals surface area contributed by atoms with Crippen molar-refractivity contribution in [1.82, 2.24) is 4.31 Å². The predicted molar refractivity (Wildman–Crippen MR) is 149 cm³/mol. The average molecular weight is 594 g/mol. The number of methoxy groups -OCH3 is 1. The van der Waals surface area contributed by atoms with Crippen molar-refractivity contribution < 1.29 is 31.1 Å². The lowest BCUT2D eigenvalue weighted by atomic mass is 10.2. The quantitative estimate of drug-likeness (QED) is 0.400. The van der Waals surface area contributed by atoms with Gasteiger partial charge in [0, 0.05) is 25.3 Å². The number of benzene rings is 3. The highest BCUT2D eigenvalue weighted by Crippen LogP contribution is 2.31. The molecule has 0 saturated carbocycles. The molecule has 0 bridgehead atoms. The molecule has 0 atom stereocenters. The molecule has 39 heavy (non-hydrogen) atoms. The van der Waals surface area contributed by atoms with E-state index >= 15 is 0 Å². The van der Waals surface area contributed by atoms with Crippen molar-refractivity contribution in [3.8, 4) is 5.75 Å². The first-order valence-electron chi connectivity index (χ1n) is 12.0. The van der Waals surface area contributed by atoms with E-state index in [1.165, 1.54) is 52.1 Å². The van der Waals surface area contributed by atoms with Crippen molar-refractivity contribution >= 4 is 48.9 Å². The average Bonchev–Trinajstić information content (AvgIpc) is 2.94. The van der Waals surface area contributed by atoms with Crippen LogP contribution in [0, 0.1) is 0 Å². The maximum Gasteiger partial charge on any atom is 0.264 e. The standard InChI is InChI=1S/C26H28ClN3O7S2/c1-3-30(20-7-5-4-6-8-20)38(32,33)21-10-11-23(27)22(18-21)26(31)28-19-9-12-24(36-2)25(17-19)39(34,35)29-13-15-37-16-14-29/h4-12,17-18H,3,13-16H2,1-2H3,(H,28,31). The Morgan fingerprint density at radius 3 is 2.36 bits per heavy atom. The van der Waals surface area contributed by atoms with Gasteiger partial charge in [-0.1, -0.05) is 29.8 Å². The lowest BCUT2D eigenvalue weighted by Gasteiger charge is -2.26. The Morgan fingerprint density at radius 2 is 1.72 bits per heavy atom. The zero-order chi connectivity index (χ0) is 28.2. The zero-order valence-electron chi connectivity index (χ0n) is 21.3. The Kier molecular flexibility index (Phi) is 8.82. The van der Waals surface area contributed by atoms with Crippen molar-refractivity contribution in [2.24, 2.45) is 0 Å². The lowest BCUT2D eigenvalue weighted by Crippen LogP contribution is -2.40. The molecule has 0 unspecified atom stereocenters. The third-order valence-corrected chi connectivity index (χ3v) is 10.3. The minimum absolute atomic E-state index is 0.0314. The van der Waals surface area contributed by atoms with Gasteiger partial charge < -0.3 is 14.8 Å². The Labute approximate surface area is 233 Å². The molecule has 13 heteroatoms. The number of amides is 1. The number of nitrogens with zero attached hydrogens (tertiary/aromatic N) is 2. The summed E-state index contributed by atoms with van der Waals surface area (Å²) in [6, 6.07) is 16.7. The van der Waals surface area contributed by atoms with Crippen LogP contribution in [0.2, 0.25) is 5.02 Å².